The van der Waals surface area contributed by atoms with E-state index in [0.717, 1.165) is 30.7 Å². The van der Waals surface area contributed by atoms with Gasteiger partial charge in [-0.3, -0.25) is 4.79 Å². The smallest absolute Gasteiger partial charge is 0.221 e. The van der Waals surface area contributed by atoms with Gasteiger partial charge in [0.15, 0.2) is 0 Å². The monoisotopic (exact) mass is 330 g/mol. The molecular formula is C14H20Cl2N4O. The van der Waals surface area contributed by atoms with E-state index in [0.29, 0.717) is 18.9 Å². The van der Waals surface area contributed by atoms with Crippen LogP contribution in [0.1, 0.15) is 6.42 Å². The van der Waals surface area contributed by atoms with Crippen molar-refractivity contribution in [3.05, 3.63) is 30.6 Å². The molecule has 7 heteroatoms. The van der Waals surface area contributed by atoms with E-state index in [1.807, 2.05) is 28.8 Å². The van der Waals surface area contributed by atoms with E-state index in [-0.39, 0.29) is 30.7 Å². The van der Waals surface area contributed by atoms with Crippen LogP contribution < -0.4 is 10.6 Å². The molecule has 1 saturated heterocycles. The molecule has 116 valence electrons. The summed E-state index contributed by atoms with van der Waals surface area (Å²) in [4.78, 5) is 16.1. The Labute approximate surface area is 136 Å². The number of nitrogens with one attached hydrogen (secondary N) is 2. The molecule has 0 saturated carbocycles. The Morgan fingerprint density at radius 1 is 1.33 bits per heavy atom. The molecule has 0 bridgehead atoms. The highest BCUT2D eigenvalue weighted by atomic mass is 35.5. The molecule has 5 nitrogen and oxygen atoms in total. The zero-order chi connectivity index (χ0) is 13.1. The van der Waals surface area contributed by atoms with Gasteiger partial charge in [-0.2, -0.15) is 0 Å². The molecule has 1 amide bonds. The number of aryl methyl sites for hydroxylation is 1. The third-order valence-electron chi connectivity index (χ3n) is 3.56. The molecule has 0 unspecified atom stereocenters. The highest BCUT2D eigenvalue weighted by Crippen LogP contribution is 2.12. The lowest BCUT2D eigenvalue weighted by atomic mass is 10.0. The Bertz CT molecular complexity index is 583. The van der Waals surface area contributed by atoms with Crippen molar-refractivity contribution in [2.75, 3.05) is 19.6 Å². The maximum Gasteiger partial charge on any atom is 0.221 e. The Kier molecular flexibility index (Phi) is 6.95. The van der Waals surface area contributed by atoms with Gasteiger partial charge in [0.1, 0.15) is 0 Å². The van der Waals surface area contributed by atoms with Gasteiger partial charge in [-0.15, -0.1) is 24.8 Å². The first kappa shape index (κ1) is 17.8. The quantitative estimate of drug-likeness (QED) is 0.875. The number of benzene rings is 1. The van der Waals surface area contributed by atoms with E-state index in [1.54, 1.807) is 6.33 Å². The van der Waals surface area contributed by atoms with Gasteiger partial charge in [0.25, 0.3) is 0 Å². The van der Waals surface area contributed by atoms with Crippen molar-refractivity contribution >= 4 is 41.8 Å². The summed E-state index contributed by atoms with van der Waals surface area (Å²) in [5, 5.41) is 6.18. The van der Waals surface area contributed by atoms with Crippen molar-refractivity contribution in [1.82, 2.24) is 20.2 Å². The summed E-state index contributed by atoms with van der Waals surface area (Å²) < 4.78 is 2.03. The van der Waals surface area contributed by atoms with Crippen LogP contribution in [0.4, 0.5) is 0 Å². The fraction of sp³-hybridized carbons (Fsp3) is 0.429. The van der Waals surface area contributed by atoms with E-state index in [2.05, 4.69) is 15.6 Å². The molecule has 2 aromatic rings. The largest absolute Gasteiger partial charge is 0.356 e. The number of imidazole rings is 1. The molecule has 1 aliphatic heterocycles. The summed E-state index contributed by atoms with van der Waals surface area (Å²) in [6.07, 6.45) is 2.30. The first-order valence-electron chi connectivity index (χ1n) is 6.70. The van der Waals surface area contributed by atoms with Crippen molar-refractivity contribution in [1.29, 1.82) is 0 Å². The van der Waals surface area contributed by atoms with Gasteiger partial charge in [-0.25, -0.2) is 4.98 Å². The van der Waals surface area contributed by atoms with Gasteiger partial charge < -0.3 is 15.2 Å². The number of fused-ring (bicyclic) bond motifs is 1. The van der Waals surface area contributed by atoms with Crippen LogP contribution in [0.5, 0.6) is 0 Å². The van der Waals surface area contributed by atoms with Crippen LogP contribution in [0.25, 0.3) is 11.0 Å². The van der Waals surface area contributed by atoms with Gasteiger partial charge in [0.2, 0.25) is 5.91 Å². The average Bonchev–Trinajstić information content (AvgIpc) is 2.78. The maximum atomic E-state index is 11.8. The molecule has 0 radical (unpaired) electrons. The summed E-state index contributed by atoms with van der Waals surface area (Å²) >= 11 is 0. The van der Waals surface area contributed by atoms with Crippen molar-refractivity contribution in [2.45, 2.75) is 13.0 Å². The number of amides is 1. The van der Waals surface area contributed by atoms with E-state index >= 15 is 0 Å². The van der Waals surface area contributed by atoms with E-state index in [1.165, 1.54) is 0 Å². The molecule has 1 fully saturated rings. The van der Waals surface area contributed by atoms with Gasteiger partial charge >= 0.3 is 0 Å². The predicted octanol–water partition coefficient (Wildman–Crippen LogP) is 1.61. The Hall–Kier alpha value is -1.30. The predicted molar refractivity (Wildman–Crippen MR) is 88.2 cm³/mol. The molecule has 1 aliphatic rings. The number of hydrogen-bond acceptors (Lipinski definition) is 3. The van der Waals surface area contributed by atoms with E-state index in [9.17, 15) is 4.79 Å². The fourth-order valence-corrected chi connectivity index (χ4v) is 2.25. The Morgan fingerprint density at radius 2 is 2.10 bits per heavy atom. The highest BCUT2D eigenvalue weighted by Gasteiger charge is 2.16. The third kappa shape index (κ3) is 4.33. The molecule has 0 aliphatic carbocycles. The Morgan fingerprint density at radius 3 is 2.81 bits per heavy atom. The zero-order valence-corrected chi connectivity index (χ0v) is 13.3. The van der Waals surface area contributed by atoms with Crippen molar-refractivity contribution in [2.24, 2.45) is 5.92 Å². The van der Waals surface area contributed by atoms with Crippen LogP contribution >= 0.6 is 24.8 Å². The standard InChI is InChI=1S/C14H18N4O.2ClH/c19-14(16-9-11-7-15-8-11)5-6-18-10-17-12-3-1-2-4-13(12)18;;/h1-4,10-11,15H,5-9H2,(H,16,19);2*1H. The minimum atomic E-state index is 0. The molecular weight excluding hydrogens is 311 g/mol. The minimum absolute atomic E-state index is 0. The number of para-hydroxylation sites is 2. The lowest BCUT2D eigenvalue weighted by Crippen LogP contribution is -2.48. The lowest BCUT2D eigenvalue weighted by molar-refractivity contribution is -0.121. The normalized spacial score (nSPS) is 13.9. The van der Waals surface area contributed by atoms with Crippen LogP contribution in [0.3, 0.4) is 0 Å². The van der Waals surface area contributed by atoms with Gasteiger partial charge in [0, 0.05) is 38.5 Å². The molecule has 0 atom stereocenters. The number of nitrogens with zero attached hydrogens (tertiary/aromatic N) is 2. The lowest BCUT2D eigenvalue weighted by Gasteiger charge is -2.27. The summed E-state index contributed by atoms with van der Waals surface area (Å²) in [5.41, 5.74) is 2.06. The van der Waals surface area contributed by atoms with Crippen LogP contribution in [-0.2, 0) is 11.3 Å². The number of carbonyl (C=O) groups excluding carboxylic acids is 1. The van der Waals surface area contributed by atoms with Crippen LogP contribution in [-0.4, -0.2) is 35.1 Å². The Balaban J connectivity index is 0.00000110. The molecule has 1 aromatic heterocycles. The first-order chi connectivity index (χ1) is 9.33. The third-order valence-corrected chi connectivity index (χ3v) is 3.56. The van der Waals surface area contributed by atoms with Gasteiger partial charge in [-0.05, 0) is 12.1 Å². The number of carbonyl (C=O) groups is 1. The first-order valence-corrected chi connectivity index (χ1v) is 6.70. The second-order valence-corrected chi connectivity index (χ2v) is 5.01. The SMILES string of the molecule is Cl.Cl.O=C(CCn1cnc2ccccc21)NCC1CNC1. The van der Waals surface area contributed by atoms with Crippen molar-refractivity contribution in [3.8, 4) is 0 Å². The van der Waals surface area contributed by atoms with Crippen molar-refractivity contribution in [3.63, 3.8) is 0 Å². The van der Waals surface area contributed by atoms with E-state index < -0.39 is 0 Å². The summed E-state index contributed by atoms with van der Waals surface area (Å²) in [5.74, 6) is 0.725. The van der Waals surface area contributed by atoms with Gasteiger partial charge in [0.05, 0.1) is 17.4 Å². The molecule has 2 N–H and O–H groups in total. The molecule has 21 heavy (non-hydrogen) atoms. The maximum absolute atomic E-state index is 11.8. The van der Waals surface area contributed by atoms with Crippen LogP contribution in [0, 0.1) is 5.92 Å². The summed E-state index contributed by atoms with van der Waals surface area (Å²) in [6.45, 7) is 3.50. The number of aromatic nitrogens is 2. The van der Waals surface area contributed by atoms with Crippen molar-refractivity contribution < 1.29 is 4.79 Å². The van der Waals surface area contributed by atoms with E-state index in [4.69, 9.17) is 0 Å². The second-order valence-electron chi connectivity index (χ2n) is 5.01. The highest BCUT2D eigenvalue weighted by molar-refractivity contribution is 5.85. The summed E-state index contributed by atoms with van der Waals surface area (Å²) in [7, 11) is 0. The number of rotatable bonds is 5. The summed E-state index contributed by atoms with van der Waals surface area (Å²) in [6, 6.07) is 7.97. The van der Waals surface area contributed by atoms with Crippen LogP contribution in [0.15, 0.2) is 30.6 Å². The van der Waals surface area contributed by atoms with Gasteiger partial charge in [-0.1, -0.05) is 12.1 Å². The fourth-order valence-electron chi connectivity index (χ4n) is 2.25. The minimum Gasteiger partial charge on any atom is -0.356 e. The zero-order valence-electron chi connectivity index (χ0n) is 11.6. The number of halogens is 2. The number of hydrogen-bond donors (Lipinski definition) is 2. The molecule has 0 spiro atoms. The second kappa shape index (κ2) is 8.22. The molecule has 1 aromatic carbocycles. The molecule has 2 heterocycles. The van der Waals surface area contributed by atoms with Crippen LogP contribution in [0.2, 0.25) is 0 Å². The average molecular weight is 331 g/mol. The molecule has 3 rings (SSSR count). The topological polar surface area (TPSA) is 59.0 Å².